The zero-order chi connectivity index (χ0) is 30.7. The van der Waals surface area contributed by atoms with Crippen LogP contribution in [0.15, 0.2) is 78.9 Å². The summed E-state index contributed by atoms with van der Waals surface area (Å²) in [6.45, 7) is 8.43. The number of nitrogens with one attached hydrogen (secondary N) is 1. The van der Waals surface area contributed by atoms with Gasteiger partial charge in [0.15, 0.2) is 5.60 Å². The van der Waals surface area contributed by atoms with E-state index in [0.29, 0.717) is 17.1 Å². The lowest BCUT2D eigenvalue weighted by atomic mass is 9.77. The predicted molar refractivity (Wildman–Crippen MR) is 175 cm³/mol. The van der Waals surface area contributed by atoms with E-state index in [0.717, 1.165) is 65.2 Å². The molecule has 0 bridgehead atoms. The van der Waals surface area contributed by atoms with Gasteiger partial charge in [0.05, 0.1) is 5.56 Å². The van der Waals surface area contributed by atoms with Gasteiger partial charge in [0.25, 0.3) is 0 Å². The summed E-state index contributed by atoms with van der Waals surface area (Å²) in [7, 11) is 0. The van der Waals surface area contributed by atoms with Crippen LogP contribution < -0.4 is 15.0 Å². The van der Waals surface area contributed by atoms with Gasteiger partial charge in [0, 0.05) is 52.9 Å². The smallest absolute Gasteiger partial charge is 0.340 e. The highest BCUT2D eigenvalue weighted by Crippen LogP contribution is 2.57. The molecule has 6 heteroatoms. The molecule has 2 aliphatic heterocycles. The van der Waals surface area contributed by atoms with Gasteiger partial charge in [-0.25, -0.2) is 9.18 Å². The molecule has 44 heavy (non-hydrogen) atoms. The number of hydrogen-bond acceptors (Lipinski definition) is 5. The fraction of sp³-hybridized carbons (Fsp3) is 0.342. The maximum Gasteiger partial charge on any atom is 0.340 e. The summed E-state index contributed by atoms with van der Waals surface area (Å²) in [5.41, 5.74) is 5.41. The fourth-order valence-electron chi connectivity index (χ4n) is 6.55. The first kappa shape index (κ1) is 29.7. The first-order valence-electron chi connectivity index (χ1n) is 16.0. The summed E-state index contributed by atoms with van der Waals surface area (Å²) in [6.07, 6.45) is 8.59. The van der Waals surface area contributed by atoms with Crippen molar-refractivity contribution in [3.05, 3.63) is 112 Å². The number of ether oxygens (including phenoxy) is 2. The van der Waals surface area contributed by atoms with Gasteiger partial charge in [0.1, 0.15) is 17.3 Å². The standard InChI is InChI=1S/C38H41FN2O3/c1-4-6-7-8-9-12-22-41(21-5-2)29-19-20-32-36(24-29)43-35-23-26(3)34(40-28-17-15-27(39)16-18-28)25-33(35)38(32)31-14-11-10-13-30(31)37(42)44-38/h10-11,13-20,23-25,40H,4-9,12,21-22H2,1-3H3. The van der Waals surface area contributed by atoms with Crippen molar-refractivity contribution in [3.63, 3.8) is 0 Å². The Kier molecular flexibility index (Phi) is 8.60. The van der Waals surface area contributed by atoms with Gasteiger partial charge in [0.2, 0.25) is 0 Å². The van der Waals surface area contributed by atoms with Gasteiger partial charge in [-0.15, -0.1) is 0 Å². The number of esters is 1. The highest BCUT2D eigenvalue weighted by atomic mass is 19.1. The summed E-state index contributed by atoms with van der Waals surface area (Å²) >= 11 is 0. The van der Waals surface area contributed by atoms with Crippen molar-refractivity contribution >= 4 is 23.0 Å². The molecule has 0 amide bonds. The molecule has 1 N–H and O–H groups in total. The minimum Gasteiger partial charge on any atom is -0.456 e. The zero-order valence-electron chi connectivity index (χ0n) is 25.9. The third kappa shape index (κ3) is 5.54. The third-order valence-corrected chi connectivity index (χ3v) is 8.81. The van der Waals surface area contributed by atoms with E-state index in [-0.39, 0.29) is 11.8 Å². The van der Waals surface area contributed by atoms with Crippen molar-refractivity contribution in [2.45, 2.75) is 71.3 Å². The van der Waals surface area contributed by atoms with E-state index < -0.39 is 5.60 Å². The van der Waals surface area contributed by atoms with Gasteiger partial charge in [-0.1, -0.05) is 64.2 Å². The maximum absolute atomic E-state index is 13.6. The lowest BCUT2D eigenvalue weighted by Crippen LogP contribution is -2.33. The van der Waals surface area contributed by atoms with E-state index in [4.69, 9.17) is 9.47 Å². The molecule has 0 saturated carbocycles. The first-order chi connectivity index (χ1) is 21.4. The van der Waals surface area contributed by atoms with Crippen LogP contribution >= 0.6 is 0 Å². The molecular formula is C38H41FN2O3. The van der Waals surface area contributed by atoms with Crippen LogP contribution in [0.3, 0.4) is 0 Å². The number of nitrogens with zero attached hydrogens (tertiary/aromatic N) is 1. The number of aryl methyl sites for hydroxylation is 1. The first-order valence-corrected chi connectivity index (χ1v) is 16.0. The van der Waals surface area contributed by atoms with E-state index in [2.05, 4.69) is 42.3 Å². The SMILES string of the molecule is CCCCCCCCN(CCC)c1ccc2c(c1)Oc1cc(C)c(Nc3ccc(F)cc3)cc1C21OC(=O)c2ccccc21. The van der Waals surface area contributed by atoms with Gasteiger partial charge in [-0.2, -0.15) is 0 Å². The molecule has 0 aliphatic carbocycles. The molecule has 2 heterocycles. The van der Waals surface area contributed by atoms with Crippen molar-refractivity contribution in [2.75, 3.05) is 23.3 Å². The van der Waals surface area contributed by atoms with Crippen molar-refractivity contribution in [3.8, 4) is 11.5 Å². The summed E-state index contributed by atoms with van der Waals surface area (Å²) in [5, 5.41) is 3.42. The Morgan fingerprint density at radius 1 is 0.773 bits per heavy atom. The van der Waals surface area contributed by atoms with Crippen LogP contribution in [0, 0.1) is 12.7 Å². The normalized spacial score (nSPS) is 16.1. The molecule has 0 radical (unpaired) electrons. The molecule has 1 atom stereocenters. The van der Waals surface area contributed by atoms with Crippen LogP contribution in [0.4, 0.5) is 21.5 Å². The average Bonchev–Trinajstić information content (AvgIpc) is 3.32. The molecule has 0 aromatic heterocycles. The lowest BCUT2D eigenvalue weighted by molar-refractivity contribution is 0.0224. The fourth-order valence-corrected chi connectivity index (χ4v) is 6.55. The zero-order valence-corrected chi connectivity index (χ0v) is 25.9. The second-order valence-corrected chi connectivity index (χ2v) is 11.9. The van der Waals surface area contributed by atoms with E-state index in [1.807, 2.05) is 43.3 Å². The number of rotatable bonds is 12. The van der Waals surface area contributed by atoms with Crippen LogP contribution in [0.5, 0.6) is 11.5 Å². The number of halogens is 1. The third-order valence-electron chi connectivity index (χ3n) is 8.81. The number of carbonyl (C=O) groups excluding carboxylic acids is 1. The second-order valence-electron chi connectivity index (χ2n) is 11.9. The topological polar surface area (TPSA) is 50.8 Å². The van der Waals surface area contributed by atoms with Crippen molar-refractivity contribution in [2.24, 2.45) is 0 Å². The van der Waals surface area contributed by atoms with Crippen LogP contribution in [-0.2, 0) is 10.3 Å². The summed E-state index contributed by atoms with van der Waals surface area (Å²) < 4.78 is 26.7. The van der Waals surface area contributed by atoms with Crippen LogP contribution in [0.2, 0.25) is 0 Å². The van der Waals surface area contributed by atoms with E-state index >= 15 is 0 Å². The van der Waals surface area contributed by atoms with E-state index in [1.54, 1.807) is 12.1 Å². The average molecular weight is 593 g/mol. The molecule has 0 fully saturated rings. The molecule has 0 saturated heterocycles. The predicted octanol–water partition coefficient (Wildman–Crippen LogP) is 10.0. The molecule has 228 valence electrons. The summed E-state index contributed by atoms with van der Waals surface area (Å²) in [5.74, 6) is 0.703. The minimum atomic E-state index is -1.16. The molecule has 2 aliphatic rings. The Hall–Kier alpha value is -4.32. The molecule has 5 nitrogen and oxygen atoms in total. The minimum absolute atomic E-state index is 0.292. The summed E-state index contributed by atoms with van der Waals surface area (Å²) in [4.78, 5) is 15.8. The molecule has 1 spiro atoms. The number of carbonyl (C=O) groups is 1. The van der Waals surface area contributed by atoms with E-state index in [1.165, 1.54) is 44.2 Å². The highest BCUT2D eigenvalue weighted by Gasteiger charge is 2.53. The molecular weight excluding hydrogens is 551 g/mol. The van der Waals surface area contributed by atoms with Crippen LogP contribution in [0.1, 0.15) is 91.4 Å². The van der Waals surface area contributed by atoms with Crippen molar-refractivity contribution in [1.82, 2.24) is 0 Å². The second kappa shape index (κ2) is 12.7. The Labute approximate surface area is 260 Å². The molecule has 6 rings (SSSR count). The summed E-state index contributed by atoms with van der Waals surface area (Å²) in [6, 6.07) is 24.2. The maximum atomic E-state index is 13.6. The number of anilines is 3. The number of benzene rings is 4. The Morgan fingerprint density at radius 2 is 1.52 bits per heavy atom. The molecule has 4 aromatic rings. The van der Waals surface area contributed by atoms with Gasteiger partial charge < -0.3 is 19.7 Å². The van der Waals surface area contributed by atoms with Gasteiger partial charge in [-0.05, 0) is 79.9 Å². The molecule has 4 aromatic carbocycles. The Morgan fingerprint density at radius 3 is 2.32 bits per heavy atom. The Balaban J connectivity index is 1.40. The highest BCUT2D eigenvalue weighted by molar-refractivity contribution is 5.97. The van der Waals surface area contributed by atoms with Crippen molar-refractivity contribution in [1.29, 1.82) is 0 Å². The van der Waals surface area contributed by atoms with E-state index in [9.17, 15) is 9.18 Å². The monoisotopic (exact) mass is 592 g/mol. The number of hydrogen-bond donors (Lipinski definition) is 1. The Bertz CT molecular complexity index is 1650. The number of unbranched alkanes of at least 4 members (excludes halogenated alkanes) is 5. The number of fused-ring (bicyclic) bond motifs is 6. The van der Waals surface area contributed by atoms with Gasteiger partial charge >= 0.3 is 5.97 Å². The quantitative estimate of drug-likeness (QED) is 0.131. The largest absolute Gasteiger partial charge is 0.456 e. The molecule has 1 unspecified atom stereocenters. The van der Waals surface area contributed by atoms with Crippen LogP contribution in [-0.4, -0.2) is 19.1 Å². The van der Waals surface area contributed by atoms with Crippen LogP contribution in [0.25, 0.3) is 0 Å². The van der Waals surface area contributed by atoms with Crippen molar-refractivity contribution < 1.29 is 18.7 Å². The lowest BCUT2D eigenvalue weighted by Gasteiger charge is -2.38. The van der Waals surface area contributed by atoms with Gasteiger partial charge in [-0.3, -0.25) is 0 Å².